The molecule has 0 saturated heterocycles. The normalized spacial score (nSPS) is 15.2. The summed E-state index contributed by atoms with van der Waals surface area (Å²) in [4.78, 5) is 28.0. The van der Waals surface area contributed by atoms with Crippen LogP contribution in [0, 0.1) is 0 Å². The second kappa shape index (κ2) is 12.4. The number of hydrogen-bond donors (Lipinski definition) is 1. The van der Waals surface area contributed by atoms with Crippen LogP contribution in [-0.4, -0.2) is 28.8 Å². The topological polar surface area (TPSA) is 49.4 Å². The molecular weight excluding hydrogens is 455 g/mol. The molecule has 0 spiro atoms. The van der Waals surface area contributed by atoms with Gasteiger partial charge in [-0.2, -0.15) is 0 Å². The Bertz CT molecular complexity index is 940. The molecule has 1 N–H and O–H groups in total. The molecule has 1 atom stereocenters. The number of hydrogen-bond acceptors (Lipinski definition) is 2. The van der Waals surface area contributed by atoms with E-state index >= 15 is 0 Å². The first-order valence-electron chi connectivity index (χ1n) is 12.0. The highest BCUT2D eigenvalue weighted by Crippen LogP contribution is 2.24. The Kier molecular flexibility index (Phi) is 9.64. The fraction of sp³-hybridized carbons (Fsp3) is 0.481. The van der Waals surface area contributed by atoms with E-state index < -0.39 is 6.04 Å². The molecule has 0 heterocycles. The van der Waals surface area contributed by atoms with Crippen LogP contribution in [0.2, 0.25) is 10.0 Å². The van der Waals surface area contributed by atoms with Crippen molar-refractivity contribution in [3.8, 4) is 0 Å². The molecule has 1 aliphatic rings. The van der Waals surface area contributed by atoms with Gasteiger partial charge < -0.3 is 10.2 Å². The van der Waals surface area contributed by atoms with Gasteiger partial charge >= 0.3 is 0 Å². The highest BCUT2D eigenvalue weighted by Gasteiger charge is 2.28. The lowest BCUT2D eigenvalue weighted by molar-refractivity contribution is -0.141. The molecule has 3 rings (SSSR count). The van der Waals surface area contributed by atoms with Crippen molar-refractivity contribution in [2.75, 3.05) is 0 Å². The molecule has 2 aromatic carbocycles. The van der Waals surface area contributed by atoms with Crippen LogP contribution in [0.3, 0.4) is 0 Å². The van der Waals surface area contributed by atoms with E-state index in [2.05, 4.69) is 36.5 Å². The number of amides is 2. The average Bonchev–Trinajstić information content (AvgIpc) is 2.83. The average molecular weight is 489 g/mol. The molecule has 2 aromatic rings. The summed E-state index contributed by atoms with van der Waals surface area (Å²) in [6.45, 7) is 4.24. The molecule has 0 radical (unpaired) electrons. The third kappa shape index (κ3) is 7.48. The molecule has 0 aliphatic heterocycles. The minimum Gasteiger partial charge on any atom is -0.352 e. The van der Waals surface area contributed by atoms with Gasteiger partial charge in [0.1, 0.15) is 6.04 Å². The Morgan fingerprint density at radius 2 is 1.61 bits per heavy atom. The highest BCUT2D eigenvalue weighted by atomic mass is 35.5. The number of halogens is 2. The van der Waals surface area contributed by atoms with Gasteiger partial charge in [-0.05, 0) is 61.4 Å². The Balaban J connectivity index is 1.71. The van der Waals surface area contributed by atoms with Crippen LogP contribution in [0.25, 0.3) is 0 Å². The quantitative estimate of drug-likeness (QED) is 0.446. The lowest BCUT2D eigenvalue weighted by atomic mass is 9.95. The van der Waals surface area contributed by atoms with E-state index in [-0.39, 0.29) is 17.9 Å². The van der Waals surface area contributed by atoms with Crippen molar-refractivity contribution in [2.45, 2.75) is 83.8 Å². The number of nitrogens with zero attached hydrogens (tertiary/aromatic N) is 1. The molecule has 178 valence electrons. The summed E-state index contributed by atoms with van der Waals surface area (Å²) >= 11 is 12.3. The molecule has 1 aliphatic carbocycles. The van der Waals surface area contributed by atoms with Crippen molar-refractivity contribution < 1.29 is 9.59 Å². The van der Waals surface area contributed by atoms with Crippen LogP contribution in [0.1, 0.15) is 69.1 Å². The van der Waals surface area contributed by atoms with Gasteiger partial charge in [0.25, 0.3) is 0 Å². The molecule has 0 unspecified atom stereocenters. The third-order valence-corrected chi connectivity index (χ3v) is 7.25. The summed E-state index contributed by atoms with van der Waals surface area (Å²) in [5.74, 6) is -0.144. The van der Waals surface area contributed by atoms with Crippen LogP contribution >= 0.6 is 23.2 Å². The van der Waals surface area contributed by atoms with E-state index in [1.807, 2.05) is 13.0 Å². The molecule has 1 fully saturated rings. The van der Waals surface area contributed by atoms with Crippen molar-refractivity contribution in [2.24, 2.45) is 0 Å². The fourth-order valence-electron chi connectivity index (χ4n) is 4.32. The van der Waals surface area contributed by atoms with E-state index in [1.165, 1.54) is 12.0 Å². The van der Waals surface area contributed by atoms with Gasteiger partial charge in [-0.25, -0.2) is 0 Å². The standard InChI is InChI=1S/C27H34Cl2N2O2/c1-3-20-9-11-21(12-10-20)14-16-26(32)31(18-22-13-15-24(28)25(29)17-22)19(2)27(33)30-23-7-5-4-6-8-23/h9-13,15,17,19,23H,3-8,14,16,18H2,1-2H3,(H,30,33)/t19-/m1/s1. The number of rotatable bonds is 9. The fourth-order valence-corrected chi connectivity index (χ4v) is 4.64. The molecule has 6 heteroatoms. The molecular formula is C27H34Cl2N2O2. The predicted octanol–water partition coefficient (Wildman–Crippen LogP) is 6.35. The SMILES string of the molecule is CCc1ccc(CCC(=O)N(Cc2ccc(Cl)c(Cl)c2)[C@H](C)C(=O)NC2CCCCC2)cc1. The first-order valence-corrected chi connectivity index (χ1v) is 12.7. The second-order valence-electron chi connectivity index (χ2n) is 8.96. The maximum atomic E-state index is 13.3. The van der Waals surface area contributed by atoms with E-state index in [0.29, 0.717) is 29.4 Å². The number of aryl methyl sites for hydroxylation is 2. The van der Waals surface area contributed by atoms with Crippen molar-refractivity contribution in [1.29, 1.82) is 0 Å². The number of carbonyl (C=O) groups is 2. The Morgan fingerprint density at radius 1 is 0.970 bits per heavy atom. The smallest absolute Gasteiger partial charge is 0.242 e. The first-order chi connectivity index (χ1) is 15.9. The van der Waals surface area contributed by atoms with Crippen molar-refractivity contribution >= 4 is 35.0 Å². The van der Waals surface area contributed by atoms with Crippen LogP contribution in [0.4, 0.5) is 0 Å². The zero-order valence-corrected chi connectivity index (χ0v) is 21.1. The van der Waals surface area contributed by atoms with Crippen molar-refractivity contribution in [3.63, 3.8) is 0 Å². The number of carbonyl (C=O) groups excluding carboxylic acids is 2. The van der Waals surface area contributed by atoms with Crippen LogP contribution in [-0.2, 0) is 29.0 Å². The summed E-state index contributed by atoms with van der Waals surface area (Å²) in [5.41, 5.74) is 3.25. The van der Waals surface area contributed by atoms with E-state index in [0.717, 1.165) is 43.2 Å². The lowest BCUT2D eigenvalue weighted by Crippen LogP contribution is -2.50. The maximum absolute atomic E-state index is 13.3. The third-order valence-electron chi connectivity index (χ3n) is 6.51. The Hall–Kier alpha value is -2.04. The molecule has 0 aromatic heterocycles. The van der Waals surface area contributed by atoms with Crippen LogP contribution in [0.5, 0.6) is 0 Å². The minimum absolute atomic E-state index is 0.0491. The van der Waals surface area contributed by atoms with Gasteiger partial charge in [0.15, 0.2) is 0 Å². The maximum Gasteiger partial charge on any atom is 0.242 e. The first kappa shape index (κ1) is 25.6. The summed E-state index contributed by atoms with van der Waals surface area (Å²) in [6.07, 6.45) is 7.49. The summed E-state index contributed by atoms with van der Waals surface area (Å²) in [6, 6.07) is 13.3. The molecule has 2 amide bonds. The van der Waals surface area contributed by atoms with Crippen LogP contribution < -0.4 is 5.32 Å². The minimum atomic E-state index is -0.573. The zero-order chi connectivity index (χ0) is 23.8. The number of benzene rings is 2. The molecule has 0 bridgehead atoms. The Morgan fingerprint density at radius 3 is 2.24 bits per heavy atom. The number of nitrogens with one attached hydrogen (secondary N) is 1. The summed E-state index contributed by atoms with van der Waals surface area (Å²) in [5, 5.41) is 4.08. The largest absolute Gasteiger partial charge is 0.352 e. The molecule has 4 nitrogen and oxygen atoms in total. The second-order valence-corrected chi connectivity index (χ2v) is 9.77. The Labute approximate surface area is 207 Å². The predicted molar refractivity (Wildman–Crippen MR) is 136 cm³/mol. The monoisotopic (exact) mass is 488 g/mol. The van der Waals surface area contributed by atoms with E-state index in [1.54, 1.807) is 17.0 Å². The van der Waals surface area contributed by atoms with E-state index in [4.69, 9.17) is 23.2 Å². The van der Waals surface area contributed by atoms with Crippen molar-refractivity contribution in [1.82, 2.24) is 10.2 Å². The van der Waals surface area contributed by atoms with Gasteiger partial charge in [0.2, 0.25) is 11.8 Å². The van der Waals surface area contributed by atoms with Gasteiger partial charge in [-0.3, -0.25) is 9.59 Å². The van der Waals surface area contributed by atoms with E-state index in [9.17, 15) is 9.59 Å². The highest BCUT2D eigenvalue weighted by molar-refractivity contribution is 6.42. The summed E-state index contributed by atoms with van der Waals surface area (Å²) in [7, 11) is 0. The zero-order valence-electron chi connectivity index (χ0n) is 19.6. The van der Waals surface area contributed by atoms with Crippen LogP contribution in [0.15, 0.2) is 42.5 Å². The van der Waals surface area contributed by atoms with Gasteiger partial charge in [0, 0.05) is 19.0 Å². The van der Waals surface area contributed by atoms with Gasteiger partial charge in [-0.1, -0.05) is 79.7 Å². The lowest BCUT2D eigenvalue weighted by Gasteiger charge is -2.31. The molecule has 1 saturated carbocycles. The molecule has 33 heavy (non-hydrogen) atoms. The summed E-state index contributed by atoms with van der Waals surface area (Å²) < 4.78 is 0. The van der Waals surface area contributed by atoms with Crippen molar-refractivity contribution in [3.05, 3.63) is 69.2 Å². The van der Waals surface area contributed by atoms with Gasteiger partial charge in [-0.15, -0.1) is 0 Å². The van der Waals surface area contributed by atoms with Gasteiger partial charge in [0.05, 0.1) is 10.0 Å².